The molecule has 0 saturated carbocycles. The lowest BCUT2D eigenvalue weighted by atomic mass is 9.84. The van der Waals surface area contributed by atoms with E-state index in [9.17, 15) is 4.79 Å². The van der Waals surface area contributed by atoms with Gasteiger partial charge in [0.05, 0.1) is 20.6 Å². The number of nitrogens with zero attached hydrogens (tertiary/aromatic N) is 1. The van der Waals surface area contributed by atoms with Crippen molar-refractivity contribution in [1.29, 1.82) is 0 Å². The van der Waals surface area contributed by atoms with Gasteiger partial charge in [0.15, 0.2) is 35.1 Å². The Morgan fingerprint density at radius 2 is 1.66 bits per heavy atom. The van der Waals surface area contributed by atoms with E-state index >= 15 is 0 Å². The quantitative estimate of drug-likeness (QED) is 0.430. The number of carbonyl (C=O) groups is 1. The van der Waals surface area contributed by atoms with E-state index in [1.54, 1.807) is 0 Å². The highest BCUT2D eigenvalue weighted by atomic mass is 79.9. The van der Waals surface area contributed by atoms with Crippen molar-refractivity contribution in [2.45, 2.75) is 18.6 Å². The van der Waals surface area contributed by atoms with Gasteiger partial charge in [-0.3, -0.25) is 0 Å². The lowest BCUT2D eigenvalue weighted by molar-refractivity contribution is -0.927. The zero-order valence-corrected chi connectivity index (χ0v) is 17.7. The average molecular weight is 462 g/mol. The van der Waals surface area contributed by atoms with Gasteiger partial charge in [-0.25, -0.2) is 4.79 Å². The van der Waals surface area contributed by atoms with Crippen molar-refractivity contribution >= 4 is 5.97 Å². The largest absolute Gasteiger partial charge is 1.00 e. The van der Waals surface area contributed by atoms with Crippen molar-refractivity contribution in [3.8, 4) is 23.0 Å². The van der Waals surface area contributed by atoms with Crippen molar-refractivity contribution in [3.05, 3.63) is 46.5 Å². The van der Waals surface area contributed by atoms with Gasteiger partial charge in [-0.15, -0.1) is 0 Å². The summed E-state index contributed by atoms with van der Waals surface area (Å²) < 4.78 is 28.8. The molecule has 0 N–H and O–H groups in total. The number of rotatable bonds is 1. The van der Waals surface area contributed by atoms with Crippen LogP contribution in [0.3, 0.4) is 0 Å². The van der Waals surface area contributed by atoms with Crippen LogP contribution in [0.25, 0.3) is 0 Å². The van der Waals surface area contributed by atoms with Gasteiger partial charge in [-0.1, -0.05) is 6.07 Å². The molecule has 6 rings (SSSR count). The number of carbonyl (C=O) groups excluding carboxylic acids is 1. The predicted octanol–water partition coefficient (Wildman–Crippen LogP) is -0.267. The molecule has 4 aliphatic heterocycles. The van der Waals surface area contributed by atoms with Gasteiger partial charge in [0.25, 0.3) is 0 Å². The van der Waals surface area contributed by atoms with Crippen molar-refractivity contribution in [2.24, 2.45) is 0 Å². The van der Waals surface area contributed by atoms with Crippen molar-refractivity contribution < 1.29 is 49.9 Å². The van der Waals surface area contributed by atoms with E-state index in [0.29, 0.717) is 21.5 Å². The molecule has 7 nitrogen and oxygen atoms in total. The fourth-order valence-electron chi connectivity index (χ4n) is 4.85. The lowest BCUT2D eigenvalue weighted by Crippen LogP contribution is -3.00. The summed E-state index contributed by atoms with van der Waals surface area (Å²) in [6.45, 7) is 1.30. The first-order valence-electron chi connectivity index (χ1n) is 9.41. The van der Waals surface area contributed by atoms with Gasteiger partial charge < -0.3 is 45.1 Å². The summed E-state index contributed by atoms with van der Waals surface area (Å²) in [7, 11) is 4.36. The lowest BCUT2D eigenvalue weighted by Gasteiger charge is -2.44. The molecule has 152 valence electrons. The van der Waals surface area contributed by atoms with E-state index in [-0.39, 0.29) is 42.6 Å². The fraction of sp³-hybridized carbons (Fsp3) is 0.381. The van der Waals surface area contributed by atoms with Crippen LogP contribution in [0.1, 0.15) is 39.2 Å². The number of hydrogen-bond donors (Lipinski definition) is 0. The highest BCUT2D eigenvalue weighted by molar-refractivity contribution is 5.98. The van der Waals surface area contributed by atoms with Crippen LogP contribution in [0.5, 0.6) is 23.0 Å². The highest BCUT2D eigenvalue weighted by Gasteiger charge is 2.50. The SMILES string of the molecule is C[N+]1(C)CCc2cc3c(cc2[C@H]1[C@@H]1OC(=O)c2c1ccc1c2OCO1)OCO3.[Br-]. The molecule has 0 radical (unpaired) electrons. The summed E-state index contributed by atoms with van der Waals surface area (Å²) in [5, 5.41) is 0. The van der Waals surface area contributed by atoms with Gasteiger partial charge in [0, 0.05) is 17.5 Å². The molecule has 0 unspecified atom stereocenters. The van der Waals surface area contributed by atoms with Gasteiger partial charge in [0.1, 0.15) is 5.56 Å². The standard InChI is InChI=1S/C21H20NO6.BrH/c1-22(2)6-5-11-7-15-16(26-9-25-15)8-13(11)18(22)19-12-3-4-14-20(27-10-24-14)17(12)21(23)28-19;/h3-4,7-8,18-19H,5-6,9-10H2,1-2H3;1H/q+1;/p-1/t18-,19+;/m0./s1. The number of esters is 1. The second-order valence-corrected chi connectivity index (χ2v) is 8.19. The van der Waals surface area contributed by atoms with Crippen LogP contribution in [0.2, 0.25) is 0 Å². The molecule has 0 fully saturated rings. The molecule has 4 heterocycles. The number of hydrogen-bond acceptors (Lipinski definition) is 6. The Labute approximate surface area is 178 Å². The van der Waals surface area contributed by atoms with E-state index in [2.05, 4.69) is 26.2 Å². The molecule has 4 aliphatic rings. The third kappa shape index (κ3) is 2.55. The maximum atomic E-state index is 12.8. The molecule has 29 heavy (non-hydrogen) atoms. The maximum Gasteiger partial charge on any atom is 0.343 e. The van der Waals surface area contributed by atoms with E-state index in [4.69, 9.17) is 23.7 Å². The number of cyclic esters (lactones) is 1. The van der Waals surface area contributed by atoms with Crippen molar-refractivity contribution in [1.82, 2.24) is 0 Å². The first-order valence-corrected chi connectivity index (χ1v) is 9.41. The minimum Gasteiger partial charge on any atom is -1.00 e. The molecule has 0 aliphatic carbocycles. The Morgan fingerprint density at radius 3 is 2.48 bits per heavy atom. The normalized spacial score (nSPS) is 24.4. The van der Waals surface area contributed by atoms with E-state index in [1.807, 2.05) is 12.1 Å². The predicted molar refractivity (Wildman–Crippen MR) is 96.7 cm³/mol. The van der Waals surface area contributed by atoms with E-state index in [0.717, 1.165) is 35.6 Å². The first kappa shape index (κ1) is 18.6. The number of quaternary nitrogens is 1. The number of halogens is 1. The third-order valence-corrected chi connectivity index (χ3v) is 6.27. The summed E-state index contributed by atoms with van der Waals surface area (Å²) in [4.78, 5) is 12.8. The average Bonchev–Trinajstić information content (AvgIpc) is 3.37. The van der Waals surface area contributed by atoms with Crippen LogP contribution in [0.15, 0.2) is 24.3 Å². The van der Waals surface area contributed by atoms with Crippen LogP contribution in [-0.4, -0.2) is 44.7 Å². The van der Waals surface area contributed by atoms with Crippen molar-refractivity contribution in [3.63, 3.8) is 0 Å². The second kappa shape index (κ2) is 6.27. The second-order valence-electron chi connectivity index (χ2n) is 8.19. The van der Waals surface area contributed by atoms with Gasteiger partial charge in [0.2, 0.25) is 13.6 Å². The minimum absolute atomic E-state index is 0. The van der Waals surface area contributed by atoms with Crippen LogP contribution >= 0.6 is 0 Å². The Balaban J connectivity index is 0.00000181. The molecular formula is C21H20BrNO6. The van der Waals surface area contributed by atoms with Gasteiger partial charge in [-0.2, -0.15) is 0 Å². The molecule has 0 amide bonds. The van der Waals surface area contributed by atoms with Crippen LogP contribution in [-0.2, 0) is 11.2 Å². The highest BCUT2D eigenvalue weighted by Crippen LogP contribution is 2.53. The van der Waals surface area contributed by atoms with Crippen LogP contribution in [0, 0.1) is 0 Å². The summed E-state index contributed by atoms with van der Waals surface area (Å²) in [5.41, 5.74) is 3.71. The smallest absolute Gasteiger partial charge is 0.343 e. The van der Waals surface area contributed by atoms with Crippen LogP contribution in [0.4, 0.5) is 0 Å². The van der Waals surface area contributed by atoms with Gasteiger partial charge >= 0.3 is 5.97 Å². The number of fused-ring (bicyclic) bond motifs is 5. The maximum absolute atomic E-state index is 12.8. The Kier molecular flexibility index (Phi) is 4.02. The third-order valence-electron chi connectivity index (χ3n) is 6.27. The molecule has 0 saturated heterocycles. The molecule has 0 spiro atoms. The Hall–Kier alpha value is -2.45. The Morgan fingerprint density at radius 1 is 0.931 bits per heavy atom. The number of likely N-dealkylation sites (N-methyl/N-ethyl adjacent to an activating group) is 1. The van der Waals surface area contributed by atoms with Crippen LogP contribution < -0.4 is 35.9 Å². The fourth-order valence-corrected chi connectivity index (χ4v) is 4.85. The Bertz CT molecular complexity index is 1040. The summed E-state index contributed by atoms with van der Waals surface area (Å²) in [6.07, 6.45) is 0.538. The summed E-state index contributed by atoms with van der Waals surface area (Å²) >= 11 is 0. The van der Waals surface area contributed by atoms with E-state index in [1.165, 1.54) is 5.56 Å². The monoisotopic (exact) mass is 461 g/mol. The van der Waals surface area contributed by atoms with Crippen molar-refractivity contribution in [2.75, 3.05) is 34.2 Å². The molecule has 8 heteroatoms. The molecule has 2 aromatic carbocycles. The molecule has 0 aromatic heterocycles. The molecule has 0 bridgehead atoms. The minimum atomic E-state index is -0.397. The molecule has 2 atom stereocenters. The number of benzene rings is 2. The summed E-state index contributed by atoms with van der Waals surface area (Å²) in [6, 6.07) is 7.87. The summed E-state index contributed by atoms with van der Waals surface area (Å²) in [5.74, 6) is 2.28. The molecule has 2 aromatic rings. The first-order chi connectivity index (χ1) is 13.5. The van der Waals surface area contributed by atoms with E-state index < -0.39 is 6.10 Å². The van der Waals surface area contributed by atoms with Gasteiger partial charge in [-0.05, 0) is 23.8 Å². The topological polar surface area (TPSA) is 63.2 Å². The number of ether oxygens (including phenoxy) is 5. The zero-order chi connectivity index (χ0) is 19.0. The molecular weight excluding hydrogens is 442 g/mol. The zero-order valence-electron chi connectivity index (χ0n) is 16.1.